The number of aryl methyl sites for hydroxylation is 1. The van der Waals surface area contributed by atoms with Crippen molar-refractivity contribution in [3.05, 3.63) is 70.1 Å². The second-order valence-corrected chi connectivity index (χ2v) is 8.48. The molecule has 1 aromatic carbocycles. The Morgan fingerprint density at radius 2 is 2.06 bits per heavy atom. The van der Waals surface area contributed by atoms with E-state index in [2.05, 4.69) is 25.6 Å². The highest BCUT2D eigenvalue weighted by Crippen LogP contribution is 2.32. The fourth-order valence-corrected chi connectivity index (χ4v) is 4.08. The van der Waals surface area contributed by atoms with E-state index in [1.165, 1.54) is 11.1 Å². The van der Waals surface area contributed by atoms with Crippen LogP contribution in [0.25, 0.3) is 11.3 Å². The molecule has 34 heavy (non-hydrogen) atoms. The van der Waals surface area contributed by atoms with Crippen LogP contribution in [0.1, 0.15) is 40.3 Å². The standard InChI is InChI=1S/C24H25ClN6O3/c1-13-5-4-6-19(28-13)20(12-32)29-22(33)14(2)31-11-16-8-7-15(9-17(16)23(31)34)21-18(25)10-27-24(26-3)30-21/h4-10,14,20,32H,11-12H2,1-3H3,(H,29,33)(H,26,27,30)/t14-,20-/m1/s1. The summed E-state index contributed by atoms with van der Waals surface area (Å²) < 4.78 is 0. The van der Waals surface area contributed by atoms with Crippen molar-refractivity contribution in [2.24, 2.45) is 0 Å². The number of carbonyl (C=O) groups is 2. The molecule has 9 nitrogen and oxygen atoms in total. The van der Waals surface area contributed by atoms with Gasteiger partial charge < -0.3 is 20.6 Å². The first-order valence-corrected chi connectivity index (χ1v) is 11.2. The molecule has 2 atom stereocenters. The third-order valence-electron chi connectivity index (χ3n) is 5.80. The van der Waals surface area contributed by atoms with E-state index >= 15 is 0 Å². The molecule has 1 aliphatic rings. The molecule has 0 saturated carbocycles. The van der Waals surface area contributed by atoms with Gasteiger partial charge in [-0.2, -0.15) is 0 Å². The van der Waals surface area contributed by atoms with E-state index in [1.807, 2.05) is 31.2 Å². The molecule has 2 aromatic heterocycles. The topological polar surface area (TPSA) is 120 Å². The second-order valence-electron chi connectivity index (χ2n) is 8.07. The lowest BCUT2D eigenvalue weighted by Gasteiger charge is -2.25. The van der Waals surface area contributed by atoms with Crippen LogP contribution in [0.5, 0.6) is 0 Å². The zero-order valence-corrected chi connectivity index (χ0v) is 19.8. The Morgan fingerprint density at radius 1 is 1.26 bits per heavy atom. The fraction of sp³-hybridized carbons (Fsp3) is 0.292. The van der Waals surface area contributed by atoms with Crippen molar-refractivity contribution in [2.75, 3.05) is 19.0 Å². The molecule has 0 saturated heterocycles. The first-order valence-electron chi connectivity index (χ1n) is 10.8. The smallest absolute Gasteiger partial charge is 0.255 e. The monoisotopic (exact) mass is 480 g/mol. The van der Waals surface area contributed by atoms with Gasteiger partial charge in [-0.1, -0.05) is 29.8 Å². The van der Waals surface area contributed by atoms with Gasteiger partial charge in [-0.05, 0) is 37.6 Å². The SMILES string of the molecule is CNc1ncc(Cl)c(-c2ccc3c(c2)C(=O)N([C@H](C)C(=O)N[C@H](CO)c2cccc(C)n2)C3)n1. The van der Waals surface area contributed by atoms with Crippen LogP contribution >= 0.6 is 11.6 Å². The van der Waals surface area contributed by atoms with Gasteiger partial charge in [0.05, 0.1) is 35.3 Å². The van der Waals surface area contributed by atoms with Crippen molar-refractivity contribution in [1.82, 2.24) is 25.2 Å². The van der Waals surface area contributed by atoms with Gasteiger partial charge in [-0.3, -0.25) is 14.6 Å². The minimum Gasteiger partial charge on any atom is -0.394 e. The van der Waals surface area contributed by atoms with Crippen LogP contribution in [0.2, 0.25) is 5.02 Å². The molecule has 3 heterocycles. The number of aliphatic hydroxyl groups excluding tert-OH is 1. The number of hydrogen-bond acceptors (Lipinski definition) is 7. The number of amides is 2. The maximum Gasteiger partial charge on any atom is 0.255 e. The summed E-state index contributed by atoms with van der Waals surface area (Å²) in [6.07, 6.45) is 1.50. The van der Waals surface area contributed by atoms with Crippen LogP contribution in [0.3, 0.4) is 0 Å². The number of aliphatic hydroxyl groups is 1. The third kappa shape index (κ3) is 4.57. The van der Waals surface area contributed by atoms with Gasteiger partial charge in [0.1, 0.15) is 6.04 Å². The zero-order chi connectivity index (χ0) is 24.4. The van der Waals surface area contributed by atoms with Gasteiger partial charge >= 0.3 is 0 Å². The molecule has 176 valence electrons. The molecule has 10 heteroatoms. The largest absolute Gasteiger partial charge is 0.394 e. The minimum atomic E-state index is -0.749. The Morgan fingerprint density at radius 3 is 2.76 bits per heavy atom. The summed E-state index contributed by atoms with van der Waals surface area (Å²) in [6.45, 7) is 3.50. The Bertz CT molecular complexity index is 1250. The maximum absolute atomic E-state index is 13.2. The van der Waals surface area contributed by atoms with E-state index in [4.69, 9.17) is 11.6 Å². The molecular weight excluding hydrogens is 456 g/mol. The number of rotatable bonds is 7. The van der Waals surface area contributed by atoms with Crippen molar-refractivity contribution in [3.63, 3.8) is 0 Å². The van der Waals surface area contributed by atoms with E-state index in [-0.39, 0.29) is 18.4 Å². The number of aromatic nitrogens is 3. The van der Waals surface area contributed by atoms with Crippen molar-refractivity contribution >= 4 is 29.4 Å². The van der Waals surface area contributed by atoms with Crippen LogP contribution in [0.15, 0.2) is 42.6 Å². The van der Waals surface area contributed by atoms with Gasteiger partial charge in [-0.25, -0.2) is 9.97 Å². The van der Waals surface area contributed by atoms with E-state index in [0.29, 0.717) is 40.0 Å². The number of carbonyl (C=O) groups excluding carboxylic acids is 2. The van der Waals surface area contributed by atoms with E-state index in [0.717, 1.165) is 11.3 Å². The Kier molecular flexibility index (Phi) is 6.76. The predicted octanol–water partition coefficient (Wildman–Crippen LogP) is 2.74. The van der Waals surface area contributed by atoms with Crippen molar-refractivity contribution in [3.8, 4) is 11.3 Å². The number of fused-ring (bicyclic) bond motifs is 1. The molecule has 3 aromatic rings. The number of benzene rings is 1. The van der Waals surface area contributed by atoms with Crippen LogP contribution in [-0.2, 0) is 11.3 Å². The second kappa shape index (κ2) is 9.74. The number of nitrogens with zero attached hydrogens (tertiary/aromatic N) is 4. The Balaban J connectivity index is 1.53. The van der Waals surface area contributed by atoms with Gasteiger partial charge in [-0.15, -0.1) is 0 Å². The van der Waals surface area contributed by atoms with Crippen molar-refractivity contribution < 1.29 is 14.7 Å². The number of anilines is 1. The number of hydrogen-bond donors (Lipinski definition) is 3. The minimum absolute atomic E-state index is 0.257. The summed E-state index contributed by atoms with van der Waals surface area (Å²) in [5, 5.41) is 15.8. The molecule has 0 unspecified atom stereocenters. The van der Waals surface area contributed by atoms with Gasteiger partial charge in [0.25, 0.3) is 5.91 Å². The van der Waals surface area contributed by atoms with Crippen molar-refractivity contribution in [2.45, 2.75) is 32.5 Å². The van der Waals surface area contributed by atoms with Crippen LogP contribution < -0.4 is 10.6 Å². The van der Waals surface area contributed by atoms with Gasteiger partial charge in [0.15, 0.2) is 0 Å². The maximum atomic E-state index is 13.2. The van der Waals surface area contributed by atoms with Gasteiger partial charge in [0.2, 0.25) is 11.9 Å². The molecule has 0 bridgehead atoms. The van der Waals surface area contributed by atoms with Crippen LogP contribution in [-0.4, -0.2) is 56.5 Å². The van der Waals surface area contributed by atoms with Crippen molar-refractivity contribution in [1.29, 1.82) is 0 Å². The first-order chi connectivity index (χ1) is 16.3. The lowest BCUT2D eigenvalue weighted by molar-refractivity contribution is -0.126. The van der Waals surface area contributed by atoms with Gasteiger partial charge in [0, 0.05) is 30.4 Å². The lowest BCUT2D eigenvalue weighted by atomic mass is 10.0. The van der Waals surface area contributed by atoms with E-state index in [1.54, 1.807) is 26.1 Å². The number of halogens is 1. The number of pyridine rings is 1. The fourth-order valence-electron chi connectivity index (χ4n) is 3.88. The highest BCUT2D eigenvalue weighted by molar-refractivity contribution is 6.33. The molecule has 0 aliphatic carbocycles. The van der Waals surface area contributed by atoms with E-state index < -0.39 is 12.1 Å². The summed E-state index contributed by atoms with van der Waals surface area (Å²) in [6, 6.07) is 9.42. The predicted molar refractivity (Wildman–Crippen MR) is 128 cm³/mol. The molecule has 2 amide bonds. The summed E-state index contributed by atoms with van der Waals surface area (Å²) >= 11 is 6.29. The first kappa shape index (κ1) is 23.6. The van der Waals surface area contributed by atoms with Crippen LogP contribution in [0, 0.1) is 6.92 Å². The van der Waals surface area contributed by atoms with E-state index in [9.17, 15) is 14.7 Å². The highest BCUT2D eigenvalue weighted by Gasteiger charge is 2.35. The normalized spacial score (nSPS) is 14.5. The average Bonchev–Trinajstić information content (AvgIpc) is 3.17. The molecular formula is C24H25ClN6O3. The zero-order valence-electron chi connectivity index (χ0n) is 19.0. The molecule has 0 spiro atoms. The molecule has 0 fully saturated rings. The lowest BCUT2D eigenvalue weighted by Crippen LogP contribution is -2.46. The average molecular weight is 481 g/mol. The summed E-state index contributed by atoms with van der Waals surface area (Å²) in [4.78, 5) is 40.5. The number of nitrogens with one attached hydrogen (secondary N) is 2. The third-order valence-corrected chi connectivity index (χ3v) is 6.07. The highest BCUT2D eigenvalue weighted by atomic mass is 35.5. The quantitative estimate of drug-likeness (QED) is 0.475. The summed E-state index contributed by atoms with van der Waals surface area (Å²) in [5.41, 5.74) is 3.85. The molecule has 4 rings (SSSR count). The Hall–Kier alpha value is -3.56. The summed E-state index contributed by atoms with van der Waals surface area (Å²) in [5.74, 6) is -0.214. The molecule has 1 aliphatic heterocycles. The van der Waals surface area contributed by atoms with Crippen LogP contribution in [0.4, 0.5) is 5.95 Å². The Labute approximate surface area is 202 Å². The summed E-state index contributed by atoms with van der Waals surface area (Å²) in [7, 11) is 1.71. The molecule has 0 radical (unpaired) electrons. The molecule has 3 N–H and O–H groups in total.